The van der Waals surface area contributed by atoms with Gasteiger partial charge in [0.1, 0.15) is 5.75 Å². The largest absolute Gasteiger partial charge is 0.465 e. The van der Waals surface area contributed by atoms with Crippen LogP contribution in [0.25, 0.3) is 0 Å². The van der Waals surface area contributed by atoms with Crippen molar-refractivity contribution in [3.63, 3.8) is 0 Å². The van der Waals surface area contributed by atoms with E-state index in [9.17, 15) is 9.59 Å². The molecule has 17 heavy (non-hydrogen) atoms. The minimum absolute atomic E-state index is 0.0453. The Hall–Kier alpha value is -1.88. The van der Waals surface area contributed by atoms with Crippen LogP contribution in [-0.2, 0) is 9.53 Å². The molecule has 0 amide bonds. The maximum Gasteiger partial charge on any atom is 0.337 e. The van der Waals surface area contributed by atoms with Gasteiger partial charge in [0.15, 0.2) is 0 Å². The summed E-state index contributed by atoms with van der Waals surface area (Å²) in [6.07, 6.45) is 0.536. The van der Waals surface area contributed by atoms with Crippen molar-refractivity contribution in [1.82, 2.24) is 0 Å². The van der Waals surface area contributed by atoms with Crippen molar-refractivity contribution in [3.8, 4) is 5.75 Å². The maximum absolute atomic E-state index is 11.2. The van der Waals surface area contributed by atoms with Crippen LogP contribution in [0.3, 0.4) is 0 Å². The highest BCUT2D eigenvalue weighted by Crippen LogP contribution is 2.13. The molecule has 0 spiro atoms. The second kappa shape index (κ2) is 6.65. The third kappa shape index (κ3) is 4.24. The lowest BCUT2D eigenvalue weighted by Gasteiger charge is -2.04. The fourth-order valence-electron chi connectivity index (χ4n) is 1.18. The molecule has 0 aliphatic rings. The molecule has 1 aromatic carbocycles. The molecule has 0 saturated heterocycles. The zero-order valence-corrected chi connectivity index (χ0v) is 9.51. The van der Waals surface area contributed by atoms with Gasteiger partial charge in [0.05, 0.1) is 12.7 Å². The molecule has 1 rings (SSSR count). The van der Waals surface area contributed by atoms with E-state index in [1.807, 2.05) is 0 Å². The number of benzene rings is 1. The lowest BCUT2D eigenvalue weighted by molar-refractivity contribution is -0.134. The number of rotatable bonds is 5. The van der Waals surface area contributed by atoms with Crippen LogP contribution in [0.5, 0.6) is 5.75 Å². The van der Waals surface area contributed by atoms with Gasteiger partial charge in [-0.3, -0.25) is 4.79 Å². The molecule has 92 valence electrons. The van der Waals surface area contributed by atoms with Crippen LogP contribution in [0.15, 0.2) is 24.3 Å². The standard InChI is InChI=1S/C12H14O5/c1-16-12(15)9-4-6-10(7-5-9)17-11(14)3-2-8-13/h4-7,13H,2-3,8H2,1H3. The highest BCUT2D eigenvalue weighted by molar-refractivity contribution is 5.89. The van der Waals surface area contributed by atoms with Gasteiger partial charge in [-0.2, -0.15) is 0 Å². The van der Waals surface area contributed by atoms with Gasteiger partial charge in [0, 0.05) is 13.0 Å². The summed E-state index contributed by atoms with van der Waals surface area (Å²) < 4.78 is 9.52. The van der Waals surface area contributed by atoms with Crippen molar-refractivity contribution >= 4 is 11.9 Å². The first-order valence-corrected chi connectivity index (χ1v) is 5.17. The number of hydrogen-bond donors (Lipinski definition) is 1. The third-order valence-electron chi connectivity index (χ3n) is 2.05. The molecule has 1 N–H and O–H groups in total. The zero-order valence-electron chi connectivity index (χ0n) is 9.51. The molecule has 1 aromatic rings. The SMILES string of the molecule is COC(=O)c1ccc(OC(=O)CCCO)cc1. The molecule has 0 atom stereocenters. The number of aliphatic hydroxyl groups excluding tert-OH is 1. The molecule has 0 fully saturated rings. The average molecular weight is 238 g/mol. The smallest absolute Gasteiger partial charge is 0.337 e. The summed E-state index contributed by atoms with van der Waals surface area (Å²) in [5, 5.41) is 8.55. The Morgan fingerprint density at radius 3 is 2.41 bits per heavy atom. The molecule has 0 unspecified atom stereocenters. The van der Waals surface area contributed by atoms with E-state index in [1.165, 1.54) is 31.4 Å². The summed E-state index contributed by atoms with van der Waals surface area (Å²) in [7, 11) is 1.30. The lowest BCUT2D eigenvalue weighted by Crippen LogP contribution is -2.08. The molecule has 5 nitrogen and oxygen atoms in total. The van der Waals surface area contributed by atoms with Gasteiger partial charge < -0.3 is 14.6 Å². The highest BCUT2D eigenvalue weighted by Gasteiger charge is 2.07. The van der Waals surface area contributed by atoms with E-state index in [1.54, 1.807) is 0 Å². The summed E-state index contributed by atoms with van der Waals surface area (Å²) >= 11 is 0. The first-order valence-electron chi connectivity index (χ1n) is 5.17. The third-order valence-corrected chi connectivity index (χ3v) is 2.05. The van der Waals surface area contributed by atoms with Crippen molar-refractivity contribution < 1.29 is 24.2 Å². The Kier molecular flexibility index (Phi) is 5.16. The normalized spacial score (nSPS) is 9.76. The summed E-state index contributed by atoms with van der Waals surface area (Å²) in [6, 6.07) is 6.06. The highest BCUT2D eigenvalue weighted by atomic mass is 16.5. The van der Waals surface area contributed by atoms with Crippen molar-refractivity contribution in [3.05, 3.63) is 29.8 Å². The number of carbonyl (C=O) groups is 2. The topological polar surface area (TPSA) is 72.8 Å². The Morgan fingerprint density at radius 2 is 1.88 bits per heavy atom. The molecule has 0 aromatic heterocycles. The first-order chi connectivity index (χ1) is 8.17. The summed E-state index contributed by atoms with van der Waals surface area (Å²) in [5.74, 6) is -0.492. The summed E-state index contributed by atoms with van der Waals surface area (Å²) in [4.78, 5) is 22.4. The van der Waals surface area contributed by atoms with Crippen LogP contribution in [0.1, 0.15) is 23.2 Å². The second-order valence-corrected chi connectivity index (χ2v) is 3.32. The number of carbonyl (C=O) groups excluding carboxylic acids is 2. The molecule has 0 saturated carbocycles. The molecule has 5 heteroatoms. The fourth-order valence-corrected chi connectivity index (χ4v) is 1.18. The van der Waals surface area contributed by atoms with E-state index in [0.717, 1.165) is 0 Å². The summed E-state index contributed by atoms with van der Waals surface area (Å²) in [6.45, 7) is -0.0453. The quantitative estimate of drug-likeness (QED) is 0.615. The van der Waals surface area contributed by atoms with E-state index < -0.39 is 11.9 Å². The van der Waals surface area contributed by atoms with Crippen molar-refractivity contribution in [2.24, 2.45) is 0 Å². The Balaban J connectivity index is 2.56. The van der Waals surface area contributed by atoms with Gasteiger partial charge in [0.25, 0.3) is 0 Å². The van der Waals surface area contributed by atoms with Crippen LogP contribution >= 0.6 is 0 Å². The molecular weight excluding hydrogens is 224 g/mol. The number of methoxy groups -OCH3 is 1. The number of aliphatic hydroxyl groups is 1. The minimum atomic E-state index is -0.442. The average Bonchev–Trinajstić information content (AvgIpc) is 2.36. The first kappa shape index (κ1) is 13.2. The van der Waals surface area contributed by atoms with Crippen molar-refractivity contribution in [2.45, 2.75) is 12.8 Å². The van der Waals surface area contributed by atoms with Crippen LogP contribution in [-0.4, -0.2) is 30.8 Å². The maximum atomic E-state index is 11.2. The van der Waals surface area contributed by atoms with Crippen LogP contribution < -0.4 is 4.74 Å². The fraction of sp³-hybridized carbons (Fsp3) is 0.333. The van der Waals surface area contributed by atoms with Crippen LogP contribution in [0, 0.1) is 0 Å². The molecule has 0 radical (unpaired) electrons. The van der Waals surface area contributed by atoms with Crippen molar-refractivity contribution in [2.75, 3.05) is 13.7 Å². The molecule has 0 aliphatic heterocycles. The van der Waals surface area contributed by atoms with Gasteiger partial charge in [0.2, 0.25) is 0 Å². The Morgan fingerprint density at radius 1 is 1.24 bits per heavy atom. The van der Waals surface area contributed by atoms with Gasteiger partial charge >= 0.3 is 11.9 Å². The van der Waals surface area contributed by atoms with E-state index in [0.29, 0.717) is 17.7 Å². The molecule has 0 heterocycles. The molecular formula is C12H14O5. The van der Waals surface area contributed by atoms with E-state index in [4.69, 9.17) is 9.84 Å². The van der Waals surface area contributed by atoms with Crippen LogP contribution in [0.4, 0.5) is 0 Å². The number of hydrogen-bond acceptors (Lipinski definition) is 5. The second-order valence-electron chi connectivity index (χ2n) is 3.32. The van der Waals surface area contributed by atoms with Crippen LogP contribution in [0.2, 0.25) is 0 Å². The zero-order chi connectivity index (χ0) is 12.7. The van der Waals surface area contributed by atoms with Gasteiger partial charge in [-0.25, -0.2) is 4.79 Å². The minimum Gasteiger partial charge on any atom is -0.465 e. The number of esters is 2. The van der Waals surface area contributed by atoms with Crippen molar-refractivity contribution in [1.29, 1.82) is 0 Å². The lowest BCUT2D eigenvalue weighted by atomic mass is 10.2. The molecule has 0 bridgehead atoms. The van der Waals surface area contributed by atoms with Gasteiger partial charge in [-0.1, -0.05) is 0 Å². The Bertz CT molecular complexity index is 382. The van der Waals surface area contributed by atoms with E-state index in [2.05, 4.69) is 4.74 Å². The molecule has 0 aliphatic carbocycles. The van der Waals surface area contributed by atoms with Gasteiger partial charge in [-0.15, -0.1) is 0 Å². The van der Waals surface area contributed by atoms with Gasteiger partial charge in [-0.05, 0) is 30.7 Å². The predicted molar refractivity (Wildman–Crippen MR) is 59.7 cm³/mol. The summed E-state index contributed by atoms with van der Waals surface area (Å²) in [5.41, 5.74) is 0.391. The Labute approximate surface area is 99.0 Å². The predicted octanol–water partition coefficient (Wildman–Crippen LogP) is 1.15. The van der Waals surface area contributed by atoms with E-state index in [-0.39, 0.29) is 13.0 Å². The number of ether oxygens (including phenoxy) is 2. The monoisotopic (exact) mass is 238 g/mol. The van der Waals surface area contributed by atoms with E-state index >= 15 is 0 Å².